The number of aryl methyl sites for hydroxylation is 2. The second kappa shape index (κ2) is 6.62. The number of hydrogen-bond acceptors (Lipinski definition) is 4. The zero-order chi connectivity index (χ0) is 14.7. The maximum Gasteiger partial charge on any atom is 0.196 e. The minimum Gasteiger partial charge on any atom is -0.330 e. The molecule has 1 aliphatic rings. The summed E-state index contributed by atoms with van der Waals surface area (Å²) in [6.45, 7) is 3.90. The normalized spacial score (nSPS) is 14.8. The van der Waals surface area contributed by atoms with Crippen molar-refractivity contribution in [3.05, 3.63) is 35.2 Å². The van der Waals surface area contributed by atoms with Gasteiger partial charge >= 0.3 is 0 Å². The number of nitrogens with two attached hydrogens (primary N) is 1. The first-order chi connectivity index (χ1) is 10.3. The smallest absolute Gasteiger partial charge is 0.196 e. The van der Waals surface area contributed by atoms with E-state index in [1.54, 1.807) is 11.8 Å². The number of hydrogen-bond donors (Lipinski definition) is 1. The van der Waals surface area contributed by atoms with Crippen LogP contribution >= 0.6 is 11.8 Å². The van der Waals surface area contributed by atoms with Crippen molar-refractivity contribution in [2.75, 3.05) is 6.54 Å². The highest BCUT2D eigenvalue weighted by Gasteiger charge is 2.15. The lowest BCUT2D eigenvalue weighted by molar-refractivity contribution is 0.591. The second-order valence-corrected chi connectivity index (χ2v) is 6.63. The standard InChI is InChI=1S/C16H22N4S/c1-12-11-14(7-6-13(12)8-9-17)21-16-19-18-15-5-3-2-4-10-20(15)16/h6-7,11H,2-5,8-10,17H2,1H3. The molecule has 0 fully saturated rings. The lowest BCUT2D eigenvalue weighted by Gasteiger charge is -2.09. The molecule has 5 heteroatoms. The van der Waals surface area contributed by atoms with E-state index in [9.17, 15) is 0 Å². The molecule has 2 N–H and O–H groups in total. The van der Waals surface area contributed by atoms with Crippen molar-refractivity contribution in [3.8, 4) is 0 Å². The van der Waals surface area contributed by atoms with Crippen LogP contribution in [-0.2, 0) is 19.4 Å². The molecule has 3 rings (SSSR count). The van der Waals surface area contributed by atoms with E-state index in [0.29, 0.717) is 6.54 Å². The average molecular weight is 302 g/mol. The van der Waals surface area contributed by atoms with Crippen molar-refractivity contribution >= 4 is 11.8 Å². The zero-order valence-corrected chi connectivity index (χ0v) is 13.3. The van der Waals surface area contributed by atoms with Crippen LogP contribution in [0.15, 0.2) is 28.3 Å². The molecule has 0 saturated heterocycles. The monoisotopic (exact) mass is 302 g/mol. The van der Waals surface area contributed by atoms with Gasteiger partial charge in [-0.2, -0.15) is 0 Å². The van der Waals surface area contributed by atoms with Gasteiger partial charge in [-0.05, 0) is 67.8 Å². The molecule has 1 aliphatic heterocycles. The van der Waals surface area contributed by atoms with Crippen LogP contribution in [0.3, 0.4) is 0 Å². The lowest BCUT2D eigenvalue weighted by Crippen LogP contribution is -2.04. The van der Waals surface area contributed by atoms with E-state index in [4.69, 9.17) is 5.73 Å². The Morgan fingerprint density at radius 3 is 2.95 bits per heavy atom. The molecule has 2 heterocycles. The molecule has 0 unspecified atom stereocenters. The molecule has 4 nitrogen and oxygen atoms in total. The molecule has 0 radical (unpaired) electrons. The summed E-state index contributed by atoms with van der Waals surface area (Å²) in [6, 6.07) is 6.58. The van der Waals surface area contributed by atoms with Gasteiger partial charge in [0.1, 0.15) is 5.82 Å². The highest BCUT2D eigenvalue weighted by atomic mass is 32.2. The quantitative estimate of drug-likeness (QED) is 0.943. The van der Waals surface area contributed by atoms with Crippen molar-refractivity contribution in [1.82, 2.24) is 14.8 Å². The van der Waals surface area contributed by atoms with Gasteiger partial charge in [-0.25, -0.2) is 0 Å². The molecule has 0 saturated carbocycles. The molecule has 0 amide bonds. The van der Waals surface area contributed by atoms with Gasteiger partial charge in [0.15, 0.2) is 5.16 Å². The summed E-state index contributed by atoms with van der Waals surface area (Å²) >= 11 is 1.72. The van der Waals surface area contributed by atoms with Crippen LogP contribution in [0, 0.1) is 6.92 Å². The van der Waals surface area contributed by atoms with Crippen LogP contribution in [-0.4, -0.2) is 21.3 Å². The highest BCUT2D eigenvalue weighted by molar-refractivity contribution is 7.99. The molecule has 0 aliphatic carbocycles. The lowest BCUT2D eigenvalue weighted by atomic mass is 10.1. The van der Waals surface area contributed by atoms with Crippen LogP contribution < -0.4 is 5.73 Å². The number of benzene rings is 1. The molecular formula is C16H22N4S. The summed E-state index contributed by atoms with van der Waals surface area (Å²) in [5, 5.41) is 9.76. The summed E-state index contributed by atoms with van der Waals surface area (Å²) < 4.78 is 2.29. The molecule has 0 bridgehead atoms. The number of nitrogens with zero attached hydrogens (tertiary/aromatic N) is 3. The predicted molar refractivity (Wildman–Crippen MR) is 85.6 cm³/mol. The van der Waals surface area contributed by atoms with Gasteiger partial charge in [0, 0.05) is 17.9 Å². The third-order valence-corrected chi connectivity index (χ3v) is 4.99. The van der Waals surface area contributed by atoms with Crippen molar-refractivity contribution in [2.24, 2.45) is 5.73 Å². The van der Waals surface area contributed by atoms with E-state index in [-0.39, 0.29) is 0 Å². The van der Waals surface area contributed by atoms with Crippen molar-refractivity contribution in [1.29, 1.82) is 0 Å². The van der Waals surface area contributed by atoms with E-state index >= 15 is 0 Å². The summed E-state index contributed by atoms with van der Waals surface area (Å²) in [5.74, 6) is 1.14. The zero-order valence-electron chi connectivity index (χ0n) is 12.5. The first-order valence-electron chi connectivity index (χ1n) is 7.67. The van der Waals surface area contributed by atoms with Gasteiger partial charge in [0.05, 0.1) is 0 Å². The van der Waals surface area contributed by atoms with Crippen molar-refractivity contribution in [3.63, 3.8) is 0 Å². The Bertz CT molecular complexity index is 621. The van der Waals surface area contributed by atoms with E-state index in [1.165, 1.54) is 35.3 Å². The topological polar surface area (TPSA) is 56.7 Å². The van der Waals surface area contributed by atoms with Crippen LogP contribution in [0.25, 0.3) is 0 Å². The minimum atomic E-state index is 0.699. The van der Waals surface area contributed by atoms with Gasteiger partial charge in [0.25, 0.3) is 0 Å². The molecule has 112 valence electrons. The Labute approximate surface area is 130 Å². The van der Waals surface area contributed by atoms with Crippen LogP contribution in [0.4, 0.5) is 0 Å². The van der Waals surface area contributed by atoms with Crippen molar-refractivity contribution in [2.45, 2.75) is 55.6 Å². The fraction of sp³-hybridized carbons (Fsp3) is 0.500. The molecular weight excluding hydrogens is 280 g/mol. The molecule has 2 aromatic rings. The molecule has 1 aromatic carbocycles. The minimum absolute atomic E-state index is 0.699. The van der Waals surface area contributed by atoms with E-state index in [0.717, 1.165) is 30.4 Å². The van der Waals surface area contributed by atoms with E-state index in [2.05, 4.69) is 39.9 Å². The molecule has 1 aromatic heterocycles. The van der Waals surface area contributed by atoms with Gasteiger partial charge < -0.3 is 10.3 Å². The van der Waals surface area contributed by atoms with Gasteiger partial charge in [-0.3, -0.25) is 0 Å². The number of rotatable bonds is 4. The second-order valence-electron chi connectivity index (χ2n) is 5.59. The third-order valence-electron chi connectivity index (χ3n) is 4.01. The summed E-state index contributed by atoms with van der Waals surface area (Å²) in [4.78, 5) is 1.23. The highest BCUT2D eigenvalue weighted by Crippen LogP contribution is 2.29. The Kier molecular flexibility index (Phi) is 4.60. The van der Waals surface area contributed by atoms with Crippen LogP contribution in [0.2, 0.25) is 0 Å². The fourth-order valence-corrected chi connectivity index (χ4v) is 3.78. The summed E-state index contributed by atoms with van der Waals surface area (Å²) in [6.07, 6.45) is 5.75. The maximum atomic E-state index is 5.64. The Hall–Kier alpha value is -1.33. The largest absolute Gasteiger partial charge is 0.330 e. The van der Waals surface area contributed by atoms with Crippen LogP contribution in [0.5, 0.6) is 0 Å². The SMILES string of the molecule is Cc1cc(Sc2nnc3n2CCCCC3)ccc1CCN. The first-order valence-corrected chi connectivity index (χ1v) is 8.49. The fourth-order valence-electron chi connectivity index (χ4n) is 2.81. The molecule has 21 heavy (non-hydrogen) atoms. The molecule has 0 spiro atoms. The van der Waals surface area contributed by atoms with Gasteiger partial charge in [0.2, 0.25) is 0 Å². The predicted octanol–water partition coefficient (Wildman–Crippen LogP) is 2.97. The average Bonchev–Trinajstić information content (AvgIpc) is 2.71. The van der Waals surface area contributed by atoms with Crippen molar-refractivity contribution < 1.29 is 0 Å². The first kappa shape index (κ1) is 14.6. The number of fused-ring (bicyclic) bond motifs is 1. The Balaban J connectivity index is 1.81. The third kappa shape index (κ3) is 3.30. The number of aromatic nitrogens is 3. The molecule has 0 atom stereocenters. The summed E-state index contributed by atoms with van der Waals surface area (Å²) in [5.41, 5.74) is 8.28. The summed E-state index contributed by atoms with van der Waals surface area (Å²) in [7, 11) is 0. The van der Waals surface area contributed by atoms with Crippen LogP contribution in [0.1, 0.15) is 36.2 Å². The van der Waals surface area contributed by atoms with E-state index in [1.807, 2.05) is 0 Å². The maximum absolute atomic E-state index is 5.64. The van der Waals surface area contributed by atoms with E-state index < -0.39 is 0 Å². The Morgan fingerprint density at radius 2 is 2.14 bits per heavy atom. The van der Waals surface area contributed by atoms with Gasteiger partial charge in [-0.15, -0.1) is 10.2 Å². The Morgan fingerprint density at radius 1 is 1.24 bits per heavy atom. The van der Waals surface area contributed by atoms with Gasteiger partial charge in [-0.1, -0.05) is 12.5 Å².